The summed E-state index contributed by atoms with van der Waals surface area (Å²) in [6.45, 7) is 1.97. The number of carbonyl (C=O) groups excluding carboxylic acids is 1. The molecule has 4 aromatic carbocycles. The lowest BCUT2D eigenvalue weighted by molar-refractivity contribution is 0.0977. The molecule has 0 saturated carbocycles. The molecule has 0 aliphatic heterocycles. The fourth-order valence-electron chi connectivity index (χ4n) is 3.61. The van der Waals surface area contributed by atoms with Gasteiger partial charge in [-0.1, -0.05) is 60.2 Å². The molecule has 0 spiro atoms. The number of aromatic nitrogens is 1. The third-order valence-corrected chi connectivity index (χ3v) is 5.63. The summed E-state index contributed by atoms with van der Waals surface area (Å²) in [6, 6.07) is 31.1. The molecule has 1 amide bonds. The molecule has 6 heteroatoms. The molecular formula is C28H21N3O2S. The highest BCUT2D eigenvalue weighted by Gasteiger charge is 2.11. The molecule has 1 aromatic heterocycles. The molecule has 5 nitrogen and oxygen atoms in total. The Morgan fingerprint density at radius 1 is 0.824 bits per heavy atom. The van der Waals surface area contributed by atoms with Crippen molar-refractivity contribution in [2.45, 2.75) is 6.92 Å². The van der Waals surface area contributed by atoms with E-state index in [1.807, 2.05) is 67.6 Å². The van der Waals surface area contributed by atoms with Crippen LogP contribution in [0.25, 0.3) is 33.7 Å². The lowest BCUT2D eigenvalue weighted by Gasteiger charge is -2.09. The first-order chi connectivity index (χ1) is 16.5. The summed E-state index contributed by atoms with van der Waals surface area (Å²) in [5.74, 6) is 0.281. The second kappa shape index (κ2) is 9.29. The second-order valence-corrected chi connectivity index (χ2v) is 8.33. The number of aryl methyl sites for hydroxylation is 1. The number of oxazole rings is 1. The van der Waals surface area contributed by atoms with Crippen LogP contribution in [0.3, 0.4) is 0 Å². The average molecular weight is 464 g/mol. The Hall–Kier alpha value is -4.29. The SMILES string of the molecule is Cc1ccc(C(=O)NC(=S)Nc2ccc3oc(-c4ccc(-c5ccccc5)cc4)nc3c2)cc1. The molecule has 5 aromatic rings. The average Bonchev–Trinajstić information content (AvgIpc) is 3.28. The van der Waals surface area contributed by atoms with E-state index in [0.29, 0.717) is 28.2 Å². The normalized spacial score (nSPS) is 10.7. The molecule has 1 heterocycles. The zero-order valence-corrected chi connectivity index (χ0v) is 19.2. The van der Waals surface area contributed by atoms with Gasteiger partial charge < -0.3 is 9.73 Å². The highest BCUT2D eigenvalue weighted by Crippen LogP contribution is 2.28. The molecule has 0 saturated heterocycles. The van der Waals surface area contributed by atoms with Crippen LogP contribution < -0.4 is 10.6 Å². The van der Waals surface area contributed by atoms with Gasteiger partial charge in [-0.2, -0.15) is 0 Å². The van der Waals surface area contributed by atoms with Gasteiger partial charge in [0.15, 0.2) is 10.7 Å². The van der Waals surface area contributed by atoms with Crippen molar-refractivity contribution in [2.24, 2.45) is 0 Å². The maximum Gasteiger partial charge on any atom is 0.257 e. The van der Waals surface area contributed by atoms with Crippen LogP contribution in [-0.2, 0) is 0 Å². The Bertz CT molecular complexity index is 1470. The maximum absolute atomic E-state index is 12.4. The molecule has 34 heavy (non-hydrogen) atoms. The van der Waals surface area contributed by atoms with E-state index in [0.717, 1.165) is 22.3 Å². The Morgan fingerprint density at radius 3 is 2.24 bits per heavy atom. The van der Waals surface area contributed by atoms with Crippen molar-refractivity contribution < 1.29 is 9.21 Å². The Kier molecular flexibility index (Phi) is 5.89. The van der Waals surface area contributed by atoms with Gasteiger partial charge in [0.25, 0.3) is 5.91 Å². The number of benzene rings is 4. The number of rotatable bonds is 4. The van der Waals surface area contributed by atoms with Crippen LogP contribution in [0.15, 0.2) is 101 Å². The third kappa shape index (κ3) is 4.72. The van der Waals surface area contributed by atoms with E-state index in [2.05, 4.69) is 39.9 Å². The second-order valence-electron chi connectivity index (χ2n) is 7.92. The Balaban J connectivity index is 1.29. The fourth-order valence-corrected chi connectivity index (χ4v) is 3.82. The predicted molar refractivity (Wildman–Crippen MR) is 140 cm³/mol. The molecule has 166 valence electrons. The van der Waals surface area contributed by atoms with Gasteiger partial charge in [0.05, 0.1) is 0 Å². The number of anilines is 1. The van der Waals surface area contributed by atoms with E-state index in [1.165, 1.54) is 0 Å². The number of fused-ring (bicyclic) bond motifs is 1. The largest absolute Gasteiger partial charge is 0.436 e. The molecule has 0 aliphatic carbocycles. The number of carbonyl (C=O) groups is 1. The fraction of sp³-hybridized carbons (Fsp3) is 0.0357. The minimum absolute atomic E-state index is 0.213. The summed E-state index contributed by atoms with van der Waals surface area (Å²) < 4.78 is 5.95. The van der Waals surface area contributed by atoms with E-state index in [9.17, 15) is 4.79 Å². The van der Waals surface area contributed by atoms with E-state index >= 15 is 0 Å². The van der Waals surface area contributed by atoms with Gasteiger partial charge in [0.1, 0.15) is 5.52 Å². The van der Waals surface area contributed by atoms with Crippen molar-refractivity contribution >= 4 is 40.0 Å². The van der Waals surface area contributed by atoms with E-state index < -0.39 is 0 Å². The molecule has 0 bridgehead atoms. The smallest absolute Gasteiger partial charge is 0.257 e. The molecule has 0 unspecified atom stereocenters. The van der Waals surface area contributed by atoms with Gasteiger partial charge in [-0.05, 0) is 72.7 Å². The molecule has 0 aliphatic rings. The van der Waals surface area contributed by atoms with Gasteiger partial charge in [-0.15, -0.1) is 0 Å². The quantitative estimate of drug-likeness (QED) is 0.294. The van der Waals surface area contributed by atoms with Gasteiger partial charge in [0.2, 0.25) is 5.89 Å². The van der Waals surface area contributed by atoms with Gasteiger partial charge in [0, 0.05) is 16.8 Å². The minimum atomic E-state index is -0.263. The lowest BCUT2D eigenvalue weighted by Crippen LogP contribution is -2.34. The van der Waals surface area contributed by atoms with Crippen LogP contribution >= 0.6 is 12.2 Å². The monoisotopic (exact) mass is 463 g/mol. The van der Waals surface area contributed by atoms with E-state index in [-0.39, 0.29) is 11.0 Å². The first-order valence-corrected chi connectivity index (χ1v) is 11.2. The zero-order chi connectivity index (χ0) is 23.5. The highest BCUT2D eigenvalue weighted by atomic mass is 32.1. The molecular weight excluding hydrogens is 442 g/mol. The van der Waals surface area contributed by atoms with Crippen molar-refractivity contribution in [3.63, 3.8) is 0 Å². The molecule has 0 fully saturated rings. The highest BCUT2D eigenvalue weighted by molar-refractivity contribution is 7.80. The molecule has 0 atom stereocenters. The summed E-state index contributed by atoms with van der Waals surface area (Å²) in [5.41, 5.74) is 6.89. The summed E-state index contributed by atoms with van der Waals surface area (Å²) in [6.07, 6.45) is 0. The van der Waals surface area contributed by atoms with Gasteiger partial charge in [-0.25, -0.2) is 4.98 Å². The van der Waals surface area contributed by atoms with Crippen molar-refractivity contribution in [3.8, 4) is 22.6 Å². The maximum atomic E-state index is 12.4. The summed E-state index contributed by atoms with van der Waals surface area (Å²) >= 11 is 5.31. The van der Waals surface area contributed by atoms with Crippen LogP contribution in [0.2, 0.25) is 0 Å². The number of hydrogen-bond acceptors (Lipinski definition) is 4. The first kappa shape index (κ1) is 21.6. The van der Waals surface area contributed by atoms with Crippen molar-refractivity contribution in [1.29, 1.82) is 0 Å². The number of hydrogen-bond donors (Lipinski definition) is 2. The zero-order valence-electron chi connectivity index (χ0n) is 18.4. The lowest BCUT2D eigenvalue weighted by atomic mass is 10.0. The van der Waals surface area contributed by atoms with E-state index in [1.54, 1.807) is 12.1 Å². The van der Waals surface area contributed by atoms with Crippen LogP contribution in [0, 0.1) is 6.92 Å². The minimum Gasteiger partial charge on any atom is -0.436 e. The van der Waals surface area contributed by atoms with Crippen LogP contribution in [0.5, 0.6) is 0 Å². The number of nitrogens with one attached hydrogen (secondary N) is 2. The van der Waals surface area contributed by atoms with Crippen molar-refractivity contribution in [3.05, 3.63) is 108 Å². The van der Waals surface area contributed by atoms with Crippen LogP contribution in [-0.4, -0.2) is 16.0 Å². The molecule has 5 rings (SSSR count). The Morgan fingerprint density at radius 2 is 1.50 bits per heavy atom. The summed E-state index contributed by atoms with van der Waals surface area (Å²) in [5, 5.41) is 5.95. The topological polar surface area (TPSA) is 67.2 Å². The van der Waals surface area contributed by atoms with Gasteiger partial charge >= 0.3 is 0 Å². The Labute approximate surface area is 202 Å². The molecule has 0 radical (unpaired) electrons. The summed E-state index contributed by atoms with van der Waals surface area (Å²) in [4.78, 5) is 17.0. The first-order valence-electron chi connectivity index (χ1n) is 10.8. The van der Waals surface area contributed by atoms with Crippen LogP contribution in [0.4, 0.5) is 5.69 Å². The standard InChI is InChI=1S/C28H21N3O2S/c1-18-7-9-21(10-8-18)26(32)31-28(34)29-23-15-16-25-24(17-23)30-27(33-25)22-13-11-20(12-14-22)19-5-3-2-4-6-19/h2-17H,1H3,(H2,29,31,32,34). The van der Waals surface area contributed by atoms with Crippen molar-refractivity contribution in [1.82, 2.24) is 10.3 Å². The third-order valence-electron chi connectivity index (χ3n) is 5.43. The number of amides is 1. The predicted octanol–water partition coefficient (Wildman–Crippen LogP) is 6.60. The molecule has 2 N–H and O–H groups in total. The summed E-state index contributed by atoms with van der Waals surface area (Å²) in [7, 11) is 0. The number of nitrogens with zero attached hydrogens (tertiary/aromatic N) is 1. The van der Waals surface area contributed by atoms with Crippen molar-refractivity contribution in [2.75, 3.05) is 5.32 Å². The number of thiocarbonyl (C=S) groups is 1. The van der Waals surface area contributed by atoms with E-state index in [4.69, 9.17) is 16.6 Å². The van der Waals surface area contributed by atoms with Crippen LogP contribution in [0.1, 0.15) is 15.9 Å². The van der Waals surface area contributed by atoms with Gasteiger partial charge in [-0.3, -0.25) is 10.1 Å².